The van der Waals surface area contributed by atoms with E-state index in [1.54, 1.807) is 7.11 Å². The highest BCUT2D eigenvalue weighted by molar-refractivity contribution is 9.10. The third-order valence-corrected chi connectivity index (χ3v) is 3.17. The van der Waals surface area contributed by atoms with Crippen molar-refractivity contribution in [3.63, 3.8) is 0 Å². The van der Waals surface area contributed by atoms with Crippen LogP contribution in [0.25, 0.3) is 0 Å². The van der Waals surface area contributed by atoms with Gasteiger partial charge in [0.15, 0.2) is 0 Å². The Hall–Kier alpha value is -0.660. The average Bonchev–Trinajstić information content (AvgIpc) is 2.48. The molecule has 0 fully saturated rings. The van der Waals surface area contributed by atoms with Crippen molar-refractivity contribution in [3.05, 3.63) is 28.2 Å². The summed E-state index contributed by atoms with van der Waals surface area (Å²) in [6, 6.07) is 5.99. The Labute approximate surface area is 135 Å². The summed E-state index contributed by atoms with van der Waals surface area (Å²) in [5, 5.41) is 3.13. The maximum Gasteiger partial charge on any atom is 0.123 e. The van der Waals surface area contributed by atoms with Gasteiger partial charge in [-0.25, -0.2) is 0 Å². The molecule has 0 unspecified atom stereocenters. The van der Waals surface area contributed by atoms with E-state index in [2.05, 4.69) is 27.3 Å². The summed E-state index contributed by atoms with van der Waals surface area (Å²) in [6.07, 6.45) is 0. The summed E-state index contributed by atoms with van der Waals surface area (Å²) in [7, 11) is 3.57. The lowest BCUT2D eigenvalue weighted by Gasteiger charge is -2.12. The summed E-state index contributed by atoms with van der Waals surface area (Å²) in [6.45, 7) is 4.19. The monoisotopic (exact) mass is 361 g/mol. The first-order valence-corrected chi connectivity index (χ1v) is 7.77. The first-order chi connectivity index (χ1) is 10.3. The van der Waals surface area contributed by atoms with Gasteiger partial charge in [0.2, 0.25) is 0 Å². The molecule has 0 aromatic heterocycles. The van der Waals surface area contributed by atoms with Gasteiger partial charge in [0.1, 0.15) is 12.4 Å². The predicted octanol–water partition coefficient (Wildman–Crippen LogP) is 2.23. The first kappa shape index (κ1) is 18.4. The van der Waals surface area contributed by atoms with Crippen LogP contribution in [0, 0.1) is 0 Å². The molecule has 0 amide bonds. The largest absolute Gasteiger partial charge is 0.491 e. The average molecular weight is 362 g/mol. The van der Waals surface area contributed by atoms with Gasteiger partial charge >= 0.3 is 0 Å². The second-order valence-corrected chi connectivity index (χ2v) is 5.26. The Balaban J connectivity index is 2.15. The molecule has 0 saturated heterocycles. The van der Waals surface area contributed by atoms with E-state index in [4.69, 9.17) is 18.9 Å². The van der Waals surface area contributed by atoms with Crippen LogP contribution >= 0.6 is 15.9 Å². The Morgan fingerprint density at radius 2 is 1.67 bits per heavy atom. The van der Waals surface area contributed by atoms with Gasteiger partial charge in [-0.15, -0.1) is 0 Å². The minimum Gasteiger partial charge on any atom is -0.491 e. The lowest BCUT2D eigenvalue weighted by atomic mass is 10.2. The van der Waals surface area contributed by atoms with Crippen LogP contribution < -0.4 is 10.1 Å². The van der Waals surface area contributed by atoms with Gasteiger partial charge in [0, 0.05) is 23.7 Å². The summed E-state index contributed by atoms with van der Waals surface area (Å²) < 4.78 is 22.4. The number of benzene rings is 1. The topological polar surface area (TPSA) is 49.0 Å². The lowest BCUT2D eigenvalue weighted by molar-refractivity contribution is 0.0179. The number of hydrogen-bond donors (Lipinski definition) is 1. The van der Waals surface area contributed by atoms with Crippen molar-refractivity contribution in [1.82, 2.24) is 5.32 Å². The SMILES string of the molecule is CNCc1cc(Br)ccc1OCCOCCOCCOC. The van der Waals surface area contributed by atoms with Gasteiger partial charge in [-0.2, -0.15) is 0 Å². The zero-order chi connectivity index (χ0) is 15.3. The summed E-state index contributed by atoms with van der Waals surface area (Å²) in [5.74, 6) is 0.882. The minimum absolute atomic E-state index is 0.524. The Bertz CT molecular complexity index is 390. The molecular weight excluding hydrogens is 338 g/mol. The van der Waals surface area contributed by atoms with E-state index in [9.17, 15) is 0 Å². The normalized spacial score (nSPS) is 10.8. The summed E-state index contributed by atoms with van der Waals surface area (Å²) in [5.41, 5.74) is 1.12. The molecule has 0 heterocycles. The molecule has 5 nitrogen and oxygen atoms in total. The second-order valence-electron chi connectivity index (χ2n) is 4.35. The van der Waals surface area contributed by atoms with Crippen molar-refractivity contribution in [3.8, 4) is 5.75 Å². The Morgan fingerprint density at radius 1 is 1.00 bits per heavy atom. The maximum atomic E-state index is 5.74. The van der Waals surface area contributed by atoms with Crippen LogP contribution in [0.5, 0.6) is 5.75 Å². The number of rotatable bonds is 12. The zero-order valence-electron chi connectivity index (χ0n) is 12.7. The van der Waals surface area contributed by atoms with Crippen LogP contribution in [0.1, 0.15) is 5.56 Å². The van der Waals surface area contributed by atoms with Crippen LogP contribution in [-0.4, -0.2) is 53.8 Å². The standard InChI is InChI=1S/C15H24BrNO4/c1-17-12-13-11-14(16)3-4-15(13)21-10-9-20-8-7-19-6-5-18-2/h3-4,11,17H,5-10,12H2,1-2H3. The van der Waals surface area contributed by atoms with E-state index in [1.807, 2.05) is 19.2 Å². The van der Waals surface area contributed by atoms with E-state index in [0.29, 0.717) is 39.6 Å². The molecule has 1 N–H and O–H groups in total. The minimum atomic E-state index is 0.524. The van der Waals surface area contributed by atoms with E-state index >= 15 is 0 Å². The van der Waals surface area contributed by atoms with Gasteiger partial charge in [0.25, 0.3) is 0 Å². The summed E-state index contributed by atoms with van der Waals surface area (Å²) >= 11 is 3.46. The highest BCUT2D eigenvalue weighted by Crippen LogP contribution is 2.23. The smallest absolute Gasteiger partial charge is 0.123 e. The molecule has 1 rings (SSSR count). The molecule has 0 spiro atoms. The van der Waals surface area contributed by atoms with Crippen molar-refractivity contribution >= 4 is 15.9 Å². The number of nitrogens with one attached hydrogen (secondary N) is 1. The zero-order valence-corrected chi connectivity index (χ0v) is 14.3. The molecule has 0 aliphatic carbocycles. The van der Waals surface area contributed by atoms with Crippen LogP contribution in [0.4, 0.5) is 0 Å². The molecule has 1 aromatic carbocycles. The van der Waals surface area contributed by atoms with Crippen molar-refractivity contribution < 1.29 is 18.9 Å². The third-order valence-electron chi connectivity index (χ3n) is 2.68. The molecule has 1 aromatic rings. The van der Waals surface area contributed by atoms with E-state index in [1.165, 1.54) is 0 Å². The highest BCUT2D eigenvalue weighted by Gasteiger charge is 2.03. The lowest BCUT2D eigenvalue weighted by Crippen LogP contribution is -2.13. The molecule has 6 heteroatoms. The van der Waals surface area contributed by atoms with E-state index in [0.717, 1.165) is 22.3 Å². The van der Waals surface area contributed by atoms with Crippen LogP contribution in [-0.2, 0) is 20.8 Å². The van der Waals surface area contributed by atoms with Crippen LogP contribution in [0.15, 0.2) is 22.7 Å². The maximum absolute atomic E-state index is 5.74. The van der Waals surface area contributed by atoms with Crippen molar-refractivity contribution in [2.45, 2.75) is 6.54 Å². The van der Waals surface area contributed by atoms with Gasteiger partial charge < -0.3 is 24.3 Å². The number of hydrogen-bond acceptors (Lipinski definition) is 5. The molecular formula is C15H24BrNO4. The van der Waals surface area contributed by atoms with E-state index < -0.39 is 0 Å². The summed E-state index contributed by atoms with van der Waals surface area (Å²) in [4.78, 5) is 0. The first-order valence-electron chi connectivity index (χ1n) is 6.98. The molecule has 0 radical (unpaired) electrons. The van der Waals surface area contributed by atoms with Gasteiger partial charge in [-0.1, -0.05) is 15.9 Å². The van der Waals surface area contributed by atoms with Crippen LogP contribution in [0.2, 0.25) is 0 Å². The highest BCUT2D eigenvalue weighted by atomic mass is 79.9. The second kappa shape index (κ2) is 11.9. The van der Waals surface area contributed by atoms with Gasteiger partial charge in [-0.05, 0) is 25.2 Å². The van der Waals surface area contributed by atoms with Crippen molar-refractivity contribution in [2.75, 3.05) is 53.8 Å². The molecule has 120 valence electrons. The van der Waals surface area contributed by atoms with Crippen LogP contribution in [0.3, 0.4) is 0 Å². The molecule has 0 atom stereocenters. The molecule has 21 heavy (non-hydrogen) atoms. The van der Waals surface area contributed by atoms with Crippen molar-refractivity contribution in [2.24, 2.45) is 0 Å². The van der Waals surface area contributed by atoms with Crippen molar-refractivity contribution in [1.29, 1.82) is 0 Å². The number of ether oxygens (including phenoxy) is 4. The third kappa shape index (κ3) is 8.38. The number of halogens is 1. The fourth-order valence-corrected chi connectivity index (χ4v) is 2.10. The number of methoxy groups -OCH3 is 1. The Kier molecular flexibility index (Phi) is 10.5. The molecule has 0 aliphatic rings. The fraction of sp³-hybridized carbons (Fsp3) is 0.600. The Morgan fingerprint density at radius 3 is 2.33 bits per heavy atom. The van der Waals surface area contributed by atoms with Gasteiger partial charge in [0.05, 0.1) is 33.0 Å². The quantitative estimate of drug-likeness (QED) is 0.578. The molecule has 0 bridgehead atoms. The predicted molar refractivity (Wildman–Crippen MR) is 85.9 cm³/mol. The van der Waals surface area contributed by atoms with Gasteiger partial charge in [-0.3, -0.25) is 0 Å². The fourth-order valence-electron chi connectivity index (χ4n) is 1.69. The van der Waals surface area contributed by atoms with E-state index in [-0.39, 0.29) is 0 Å². The molecule has 0 aliphatic heterocycles. The molecule has 0 saturated carbocycles.